The second-order valence-electron chi connectivity index (χ2n) is 7.30. The van der Waals surface area contributed by atoms with Crippen LogP contribution in [0.2, 0.25) is 5.02 Å². The van der Waals surface area contributed by atoms with E-state index < -0.39 is 0 Å². The van der Waals surface area contributed by atoms with Crippen molar-refractivity contribution < 1.29 is 4.74 Å². The van der Waals surface area contributed by atoms with Crippen LogP contribution in [0.5, 0.6) is 0 Å². The minimum absolute atomic E-state index is 0.748. The number of ether oxygens (including phenoxy) is 1. The topological polar surface area (TPSA) is 41.5 Å². The fraction of sp³-hybridized carbons (Fsp3) is 0.429. The first-order chi connectivity index (χ1) is 13.5. The van der Waals surface area contributed by atoms with Crippen molar-refractivity contribution in [3.05, 3.63) is 51.1 Å². The van der Waals surface area contributed by atoms with E-state index >= 15 is 0 Å². The van der Waals surface area contributed by atoms with Gasteiger partial charge < -0.3 is 9.64 Å². The Morgan fingerprint density at radius 2 is 2.00 bits per heavy atom. The van der Waals surface area contributed by atoms with Crippen LogP contribution in [0.1, 0.15) is 21.8 Å². The van der Waals surface area contributed by atoms with Gasteiger partial charge in [0.15, 0.2) is 0 Å². The maximum Gasteiger partial charge on any atom is 0.146 e. The van der Waals surface area contributed by atoms with Gasteiger partial charge in [0.2, 0.25) is 0 Å². The zero-order valence-corrected chi connectivity index (χ0v) is 18.1. The van der Waals surface area contributed by atoms with Crippen LogP contribution in [-0.2, 0) is 17.8 Å². The Labute approximate surface area is 174 Å². The molecule has 1 fully saturated rings. The van der Waals surface area contributed by atoms with Crippen molar-refractivity contribution in [2.24, 2.45) is 0 Å². The minimum Gasteiger partial charge on any atom is -0.379 e. The molecule has 0 unspecified atom stereocenters. The summed E-state index contributed by atoms with van der Waals surface area (Å²) in [5.41, 5.74) is 2.44. The average Bonchev–Trinajstić information content (AvgIpc) is 2.96. The highest BCUT2D eigenvalue weighted by Gasteiger charge is 2.19. The quantitative estimate of drug-likeness (QED) is 0.615. The average molecular weight is 417 g/mol. The van der Waals surface area contributed by atoms with E-state index in [1.54, 1.807) is 11.3 Å². The van der Waals surface area contributed by atoms with Crippen LogP contribution >= 0.6 is 22.9 Å². The number of hydrogen-bond acceptors (Lipinski definition) is 6. The van der Waals surface area contributed by atoms with E-state index in [9.17, 15) is 0 Å². The van der Waals surface area contributed by atoms with Crippen molar-refractivity contribution in [1.29, 1.82) is 0 Å². The molecule has 148 valence electrons. The van der Waals surface area contributed by atoms with Crippen molar-refractivity contribution in [3.8, 4) is 0 Å². The molecule has 4 rings (SSSR count). The zero-order chi connectivity index (χ0) is 19.7. The number of aryl methyl sites for hydroxylation is 2. The summed E-state index contributed by atoms with van der Waals surface area (Å²) >= 11 is 7.93. The molecule has 0 bridgehead atoms. The van der Waals surface area contributed by atoms with E-state index in [1.165, 1.54) is 16.0 Å². The number of fused-ring (bicyclic) bond motifs is 1. The molecule has 1 aromatic carbocycles. The molecule has 0 saturated carbocycles. The van der Waals surface area contributed by atoms with Gasteiger partial charge in [-0.25, -0.2) is 9.97 Å². The molecular weight excluding hydrogens is 392 g/mol. The molecule has 0 N–H and O–H groups in total. The summed E-state index contributed by atoms with van der Waals surface area (Å²) in [5, 5.41) is 1.92. The Morgan fingerprint density at radius 3 is 2.75 bits per heavy atom. The van der Waals surface area contributed by atoms with Gasteiger partial charge >= 0.3 is 0 Å². The summed E-state index contributed by atoms with van der Waals surface area (Å²) < 4.78 is 5.47. The smallest absolute Gasteiger partial charge is 0.146 e. The molecular formula is C21H25ClN4OS. The lowest BCUT2D eigenvalue weighted by Crippen LogP contribution is -2.36. The Balaban J connectivity index is 1.69. The van der Waals surface area contributed by atoms with Gasteiger partial charge in [0.25, 0.3) is 0 Å². The van der Waals surface area contributed by atoms with Crippen molar-refractivity contribution in [2.45, 2.75) is 26.9 Å². The van der Waals surface area contributed by atoms with Gasteiger partial charge in [0, 0.05) is 36.6 Å². The lowest BCUT2D eigenvalue weighted by Gasteiger charge is -2.26. The van der Waals surface area contributed by atoms with Crippen LogP contribution < -0.4 is 4.90 Å². The number of thiophene rings is 1. The van der Waals surface area contributed by atoms with Crippen molar-refractivity contribution >= 4 is 39.0 Å². The molecule has 0 spiro atoms. The van der Waals surface area contributed by atoms with Crippen molar-refractivity contribution in [2.75, 3.05) is 38.3 Å². The number of morpholine rings is 1. The fourth-order valence-electron chi connectivity index (χ4n) is 3.56. The van der Waals surface area contributed by atoms with Gasteiger partial charge in [-0.1, -0.05) is 23.7 Å². The summed E-state index contributed by atoms with van der Waals surface area (Å²) in [4.78, 5) is 16.8. The molecule has 3 aromatic rings. The third-order valence-electron chi connectivity index (χ3n) is 5.19. The lowest BCUT2D eigenvalue weighted by atomic mass is 10.2. The van der Waals surface area contributed by atoms with Crippen LogP contribution in [-0.4, -0.2) is 48.2 Å². The number of hydrogen-bond donors (Lipinski definition) is 0. The molecule has 2 aromatic heterocycles. The van der Waals surface area contributed by atoms with E-state index in [-0.39, 0.29) is 0 Å². The molecule has 0 atom stereocenters. The first kappa shape index (κ1) is 19.6. The van der Waals surface area contributed by atoms with Gasteiger partial charge in [0.1, 0.15) is 16.5 Å². The van der Waals surface area contributed by atoms with E-state index in [0.29, 0.717) is 0 Å². The van der Waals surface area contributed by atoms with Crippen LogP contribution in [0.4, 0.5) is 5.82 Å². The van der Waals surface area contributed by atoms with Crippen molar-refractivity contribution in [1.82, 2.24) is 14.9 Å². The predicted octanol–water partition coefficient (Wildman–Crippen LogP) is 4.43. The molecule has 0 amide bonds. The second kappa shape index (κ2) is 8.33. The highest BCUT2D eigenvalue weighted by molar-refractivity contribution is 7.18. The SMILES string of the molecule is Cc1sc2nc(CN3CCOCC3)nc(N(C)Cc3cccc(Cl)c3)c2c1C. The third-order valence-corrected chi connectivity index (χ3v) is 6.53. The maximum atomic E-state index is 6.17. The molecule has 7 heteroatoms. The van der Waals surface area contributed by atoms with E-state index in [0.717, 1.165) is 66.3 Å². The number of halogens is 1. The van der Waals surface area contributed by atoms with Gasteiger partial charge in [-0.05, 0) is 37.1 Å². The number of anilines is 1. The van der Waals surface area contributed by atoms with E-state index in [4.69, 9.17) is 26.3 Å². The third kappa shape index (κ3) is 4.15. The minimum atomic E-state index is 0.748. The standard InChI is InChI=1S/C21H25ClN4OS/c1-14-15(2)28-21-19(14)20(25(3)12-16-5-4-6-17(22)11-16)23-18(24-21)13-26-7-9-27-10-8-26/h4-6,11H,7-10,12-13H2,1-3H3. The number of benzene rings is 1. The second-order valence-corrected chi connectivity index (χ2v) is 8.94. The molecule has 3 heterocycles. The Hall–Kier alpha value is -1.73. The van der Waals surface area contributed by atoms with Crippen molar-refractivity contribution in [3.63, 3.8) is 0 Å². The number of nitrogens with zero attached hydrogens (tertiary/aromatic N) is 4. The molecule has 1 aliphatic heterocycles. The maximum absolute atomic E-state index is 6.17. The molecule has 5 nitrogen and oxygen atoms in total. The lowest BCUT2D eigenvalue weighted by molar-refractivity contribution is 0.0331. The summed E-state index contributed by atoms with van der Waals surface area (Å²) in [5.74, 6) is 1.87. The highest BCUT2D eigenvalue weighted by atomic mass is 35.5. The van der Waals surface area contributed by atoms with Crippen LogP contribution in [0, 0.1) is 13.8 Å². The van der Waals surface area contributed by atoms with Crippen LogP contribution in [0.15, 0.2) is 24.3 Å². The first-order valence-electron chi connectivity index (χ1n) is 9.53. The monoisotopic (exact) mass is 416 g/mol. The van der Waals surface area contributed by atoms with Crippen LogP contribution in [0.3, 0.4) is 0 Å². The number of aromatic nitrogens is 2. The summed E-state index contributed by atoms with van der Waals surface area (Å²) in [6.07, 6.45) is 0. The fourth-order valence-corrected chi connectivity index (χ4v) is 4.82. The molecule has 0 radical (unpaired) electrons. The molecule has 28 heavy (non-hydrogen) atoms. The first-order valence-corrected chi connectivity index (χ1v) is 10.7. The van der Waals surface area contributed by atoms with E-state index in [1.807, 2.05) is 18.2 Å². The zero-order valence-electron chi connectivity index (χ0n) is 16.5. The molecule has 0 aliphatic carbocycles. The van der Waals surface area contributed by atoms with Gasteiger partial charge in [-0.3, -0.25) is 4.90 Å². The predicted molar refractivity (Wildman–Crippen MR) is 117 cm³/mol. The molecule has 1 saturated heterocycles. The normalized spacial score (nSPS) is 15.3. The molecule has 1 aliphatic rings. The summed E-state index contributed by atoms with van der Waals surface area (Å²) in [7, 11) is 2.09. The van der Waals surface area contributed by atoms with Gasteiger partial charge in [0.05, 0.1) is 25.1 Å². The Bertz CT molecular complexity index is 984. The largest absolute Gasteiger partial charge is 0.379 e. The summed E-state index contributed by atoms with van der Waals surface area (Å²) in [6, 6.07) is 8.00. The highest BCUT2D eigenvalue weighted by Crippen LogP contribution is 2.35. The Kier molecular flexibility index (Phi) is 5.83. The Morgan fingerprint density at radius 1 is 1.21 bits per heavy atom. The van der Waals surface area contributed by atoms with Gasteiger partial charge in [-0.15, -0.1) is 11.3 Å². The van der Waals surface area contributed by atoms with Gasteiger partial charge in [-0.2, -0.15) is 0 Å². The van der Waals surface area contributed by atoms with Crippen LogP contribution in [0.25, 0.3) is 10.2 Å². The van der Waals surface area contributed by atoms with E-state index in [2.05, 4.69) is 36.8 Å². The number of rotatable bonds is 5. The summed E-state index contributed by atoms with van der Waals surface area (Å²) in [6.45, 7) is 9.24.